The Kier molecular flexibility index (Phi) is 5.53. The molecule has 0 rings (SSSR count). The van der Waals surface area contributed by atoms with E-state index in [1.54, 1.807) is 19.4 Å². The van der Waals surface area contributed by atoms with Crippen molar-refractivity contribution >= 4 is 6.21 Å². The normalized spacial score (nSPS) is 10.8. The molecule has 0 N–H and O–H groups in total. The van der Waals surface area contributed by atoms with Crippen LogP contribution in [0.5, 0.6) is 0 Å². The number of hydrogen-bond donors (Lipinski definition) is 0. The van der Waals surface area contributed by atoms with Crippen molar-refractivity contribution in [3.8, 4) is 0 Å². The third kappa shape index (κ3) is 3.95. The molecule has 58 valence electrons. The summed E-state index contributed by atoms with van der Waals surface area (Å²) in [5, 5.41) is 0. The third-order valence-corrected chi connectivity index (χ3v) is 0.857. The van der Waals surface area contributed by atoms with Crippen LogP contribution in [0.3, 0.4) is 0 Å². The number of hydrogen-bond acceptors (Lipinski definition) is 2. The van der Waals surface area contributed by atoms with Crippen molar-refractivity contribution in [3.63, 3.8) is 0 Å². The number of allylic oxidation sites excluding steroid dienone is 1. The van der Waals surface area contributed by atoms with Crippen LogP contribution in [0.2, 0.25) is 0 Å². The van der Waals surface area contributed by atoms with Gasteiger partial charge in [-0.25, -0.2) is 9.68 Å². The summed E-state index contributed by atoms with van der Waals surface area (Å²) in [4.78, 5) is 11.1. The zero-order chi connectivity index (χ0) is 7.82. The molecule has 0 radical (unpaired) electrons. The molecule has 0 heterocycles. The van der Waals surface area contributed by atoms with Crippen molar-refractivity contribution < 1.29 is 14.6 Å². The first-order chi connectivity index (χ1) is 4.85. The second-order valence-corrected chi connectivity index (χ2v) is 1.59. The Bertz CT molecular complexity index is 121. The summed E-state index contributed by atoms with van der Waals surface area (Å²) in [5.74, 6) is 0. The molecule has 0 aliphatic rings. The van der Waals surface area contributed by atoms with Crippen LogP contribution in [-0.4, -0.2) is 24.8 Å². The predicted octanol–water partition coefficient (Wildman–Crippen LogP) is 1.16. The van der Waals surface area contributed by atoms with Crippen LogP contribution in [0.1, 0.15) is 13.3 Å². The molecule has 0 aliphatic heterocycles. The number of rotatable bonds is 5. The lowest BCUT2D eigenvalue weighted by atomic mass is 10.5. The van der Waals surface area contributed by atoms with Crippen molar-refractivity contribution in [2.75, 3.05) is 13.7 Å². The highest BCUT2D eigenvalue weighted by Gasteiger charge is 1.99. The van der Waals surface area contributed by atoms with Gasteiger partial charge in [-0.05, 0) is 6.92 Å². The summed E-state index contributed by atoms with van der Waals surface area (Å²) in [6.07, 6.45) is 4.27. The maximum atomic E-state index is 5.00. The Hall–Kier alpha value is -0.990. The molecule has 0 fully saturated rings. The van der Waals surface area contributed by atoms with Crippen LogP contribution >= 0.6 is 0 Å². The average Bonchev–Trinajstić information content (AvgIpc) is 1.98. The highest BCUT2D eigenvalue weighted by atomic mass is 16.9. The minimum absolute atomic E-state index is 0.599. The molecule has 0 bridgehead atoms. The van der Waals surface area contributed by atoms with E-state index >= 15 is 0 Å². The summed E-state index contributed by atoms with van der Waals surface area (Å²) >= 11 is 0. The predicted molar refractivity (Wildman–Crippen MR) is 39.8 cm³/mol. The van der Waals surface area contributed by atoms with Gasteiger partial charge in [0.1, 0.15) is 0 Å². The minimum Gasteiger partial charge on any atom is -0.234 e. The highest BCUT2D eigenvalue weighted by molar-refractivity contribution is 5.52. The van der Waals surface area contributed by atoms with Gasteiger partial charge in [0.15, 0.2) is 18.6 Å². The van der Waals surface area contributed by atoms with Crippen molar-refractivity contribution in [2.45, 2.75) is 13.3 Å². The monoisotopic (exact) mass is 144 g/mol. The SMILES string of the molecule is C=CCC=[N+](OC)OCC. The van der Waals surface area contributed by atoms with E-state index in [1.807, 2.05) is 6.92 Å². The summed E-state index contributed by atoms with van der Waals surface area (Å²) in [6.45, 7) is 6.05. The lowest BCUT2D eigenvalue weighted by Crippen LogP contribution is -2.12. The molecule has 3 heteroatoms. The van der Waals surface area contributed by atoms with E-state index < -0.39 is 0 Å². The zero-order valence-electron chi connectivity index (χ0n) is 6.54. The second kappa shape index (κ2) is 6.13. The topological polar surface area (TPSA) is 21.5 Å². The van der Waals surface area contributed by atoms with Gasteiger partial charge in [0.25, 0.3) is 6.21 Å². The molecule has 10 heavy (non-hydrogen) atoms. The zero-order valence-corrected chi connectivity index (χ0v) is 6.54. The van der Waals surface area contributed by atoms with Gasteiger partial charge in [-0.15, -0.1) is 6.58 Å². The first-order valence-corrected chi connectivity index (χ1v) is 3.25. The van der Waals surface area contributed by atoms with Crippen LogP contribution in [0.25, 0.3) is 0 Å². The molecule has 0 spiro atoms. The van der Waals surface area contributed by atoms with E-state index in [1.165, 1.54) is 4.90 Å². The molecular weight excluding hydrogens is 130 g/mol. The number of nitrogens with zero attached hydrogens (tertiary/aromatic N) is 1. The molecule has 0 saturated heterocycles. The van der Waals surface area contributed by atoms with Crippen LogP contribution in [0.15, 0.2) is 12.7 Å². The summed E-state index contributed by atoms with van der Waals surface area (Å²) < 4.78 is 0. The molecule has 0 amide bonds. The van der Waals surface area contributed by atoms with Crippen molar-refractivity contribution in [1.82, 2.24) is 0 Å². The van der Waals surface area contributed by atoms with E-state index in [0.29, 0.717) is 6.61 Å². The van der Waals surface area contributed by atoms with Gasteiger partial charge in [0, 0.05) is 0 Å². The molecular formula is C7H14NO2+. The van der Waals surface area contributed by atoms with Gasteiger partial charge in [-0.2, -0.15) is 0 Å². The van der Waals surface area contributed by atoms with E-state index in [-0.39, 0.29) is 0 Å². The highest BCUT2D eigenvalue weighted by Crippen LogP contribution is 1.80. The largest absolute Gasteiger partial charge is 0.257 e. The summed E-state index contributed by atoms with van der Waals surface area (Å²) in [7, 11) is 1.55. The van der Waals surface area contributed by atoms with Crippen LogP contribution < -0.4 is 0 Å². The molecule has 0 unspecified atom stereocenters. The molecule has 3 nitrogen and oxygen atoms in total. The quantitative estimate of drug-likeness (QED) is 0.328. The maximum Gasteiger partial charge on any atom is 0.257 e. The van der Waals surface area contributed by atoms with Gasteiger partial charge >= 0.3 is 0 Å². The van der Waals surface area contributed by atoms with Crippen LogP contribution in [-0.2, 0) is 9.68 Å². The molecule has 0 aromatic carbocycles. The van der Waals surface area contributed by atoms with Crippen molar-refractivity contribution in [1.29, 1.82) is 0 Å². The summed E-state index contributed by atoms with van der Waals surface area (Å²) in [5.41, 5.74) is 0. The van der Waals surface area contributed by atoms with Crippen LogP contribution in [0.4, 0.5) is 0 Å². The van der Waals surface area contributed by atoms with Gasteiger partial charge in [-0.1, -0.05) is 6.08 Å². The lowest BCUT2D eigenvalue weighted by molar-refractivity contribution is -0.960. The van der Waals surface area contributed by atoms with Gasteiger partial charge in [0.05, 0.1) is 6.42 Å². The van der Waals surface area contributed by atoms with Crippen LogP contribution in [0, 0.1) is 0 Å². The average molecular weight is 144 g/mol. The van der Waals surface area contributed by atoms with Crippen molar-refractivity contribution in [3.05, 3.63) is 12.7 Å². The molecule has 0 aromatic rings. The Morgan fingerprint density at radius 1 is 1.60 bits per heavy atom. The van der Waals surface area contributed by atoms with Crippen molar-refractivity contribution in [2.24, 2.45) is 0 Å². The first kappa shape index (κ1) is 9.01. The van der Waals surface area contributed by atoms with E-state index in [0.717, 1.165) is 6.42 Å². The maximum absolute atomic E-state index is 5.00. The molecule has 0 aromatic heterocycles. The Labute approximate surface area is 61.5 Å². The lowest BCUT2D eigenvalue weighted by Gasteiger charge is -1.93. The summed E-state index contributed by atoms with van der Waals surface area (Å²) in [6, 6.07) is 0. The third-order valence-electron chi connectivity index (χ3n) is 0.857. The van der Waals surface area contributed by atoms with Gasteiger partial charge in [-0.3, -0.25) is 0 Å². The second-order valence-electron chi connectivity index (χ2n) is 1.59. The standard InChI is InChI=1S/C7H14NO2/c1-4-6-7-8(9-3)10-5-2/h4,7H,1,5-6H2,2-3H3/q+1. The fourth-order valence-corrected chi connectivity index (χ4v) is 0.468. The fraction of sp³-hybridized carbons (Fsp3) is 0.571. The molecule has 0 aliphatic carbocycles. The Morgan fingerprint density at radius 2 is 2.30 bits per heavy atom. The Morgan fingerprint density at radius 3 is 2.70 bits per heavy atom. The van der Waals surface area contributed by atoms with E-state index in [4.69, 9.17) is 9.68 Å². The Balaban J connectivity index is 3.65. The van der Waals surface area contributed by atoms with Gasteiger partial charge in [0.2, 0.25) is 0 Å². The fourth-order valence-electron chi connectivity index (χ4n) is 0.468. The minimum atomic E-state index is 0.599. The molecule has 0 atom stereocenters. The smallest absolute Gasteiger partial charge is 0.234 e. The van der Waals surface area contributed by atoms with E-state index in [2.05, 4.69) is 6.58 Å². The van der Waals surface area contributed by atoms with Gasteiger partial charge < -0.3 is 0 Å². The first-order valence-electron chi connectivity index (χ1n) is 3.25. The molecule has 0 saturated carbocycles. The van der Waals surface area contributed by atoms with E-state index in [9.17, 15) is 0 Å².